The van der Waals surface area contributed by atoms with E-state index in [0.717, 1.165) is 35.7 Å². The lowest BCUT2D eigenvalue weighted by atomic mass is 10.1. The molecular formula is C16H25NO3S. The molecule has 0 saturated carbocycles. The van der Waals surface area contributed by atoms with Crippen molar-refractivity contribution in [3.05, 3.63) is 29.8 Å². The normalized spacial score (nSPS) is 24.0. The van der Waals surface area contributed by atoms with E-state index in [-0.39, 0.29) is 0 Å². The largest absolute Gasteiger partial charge is 0.491 e. The van der Waals surface area contributed by atoms with E-state index in [4.69, 9.17) is 4.74 Å². The highest BCUT2D eigenvalue weighted by atomic mass is 32.2. The summed E-state index contributed by atoms with van der Waals surface area (Å²) in [7, 11) is 1.39. The SMILES string of the molecule is Cc1cccc(OCC(O)CN(C)C2CCS(=O)CC2)c1. The van der Waals surface area contributed by atoms with Crippen LogP contribution in [0.25, 0.3) is 0 Å². The third-order valence-corrected chi connectivity index (χ3v) is 5.29. The van der Waals surface area contributed by atoms with Gasteiger partial charge < -0.3 is 14.7 Å². The minimum atomic E-state index is -0.635. The third kappa shape index (κ3) is 5.41. The first kappa shape index (κ1) is 16.5. The fourth-order valence-corrected chi connectivity index (χ4v) is 3.93. The summed E-state index contributed by atoms with van der Waals surface area (Å²) in [5.41, 5.74) is 1.15. The van der Waals surface area contributed by atoms with Gasteiger partial charge in [-0.25, -0.2) is 0 Å². The zero-order chi connectivity index (χ0) is 15.2. The zero-order valence-electron chi connectivity index (χ0n) is 12.8. The lowest BCUT2D eigenvalue weighted by Crippen LogP contribution is -2.42. The molecule has 0 aromatic heterocycles. The summed E-state index contributed by atoms with van der Waals surface area (Å²) in [6, 6.07) is 8.26. The van der Waals surface area contributed by atoms with Crippen molar-refractivity contribution in [1.82, 2.24) is 4.90 Å². The Hall–Kier alpha value is -0.910. The van der Waals surface area contributed by atoms with Crippen LogP contribution in [0.4, 0.5) is 0 Å². The Bertz CT molecular complexity index is 470. The first-order chi connectivity index (χ1) is 10.0. The molecule has 1 fully saturated rings. The van der Waals surface area contributed by atoms with Crippen molar-refractivity contribution in [2.45, 2.75) is 31.9 Å². The number of aliphatic hydroxyl groups is 1. The van der Waals surface area contributed by atoms with Crippen LogP contribution in [0.5, 0.6) is 5.75 Å². The molecular weight excluding hydrogens is 286 g/mol. The number of rotatable bonds is 6. The van der Waals surface area contributed by atoms with Gasteiger partial charge in [0.15, 0.2) is 0 Å². The highest BCUT2D eigenvalue weighted by Gasteiger charge is 2.23. The second-order valence-electron chi connectivity index (χ2n) is 5.80. The number of aryl methyl sites for hydroxylation is 1. The molecule has 1 heterocycles. The van der Waals surface area contributed by atoms with E-state index in [0.29, 0.717) is 19.2 Å². The summed E-state index contributed by atoms with van der Waals surface area (Å²) >= 11 is 0. The van der Waals surface area contributed by atoms with Gasteiger partial charge in [0.05, 0.1) is 0 Å². The van der Waals surface area contributed by atoms with Crippen LogP contribution in [-0.4, -0.2) is 58.1 Å². The standard InChI is InChI=1S/C16H25NO3S/c1-13-4-3-5-16(10-13)20-12-15(18)11-17(2)14-6-8-21(19)9-7-14/h3-5,10,14-15,18H,6-9,11-12H2,1-2H3. The minimum absolute atomic E-state index is 0.298. The van der Waals surface area contributed by atoms with Crippen molar-refractivity contribution in [3.63, 3.8) is 0 Å². The molecule has 2 rings (SSSR count). The molecule has 1 atom stereocenters. The van der Waals surface area contributed by atoms with Crippen LogP contribution >= 0.6 is 0 Å². The smallest absolute Gasteiger partial charge is 0.119 e. The van der Waals surface area contributed by atoms with Gasteiger partial charge in [0.25, 0.3) is 0 Å². The molecule has 1 aliphatic heterocycles. The average Bonchev–Trinajstić information content (AvgIpc) is 2.46. The van der Waals surface area contributed by atoms with Crippen molar-refractivity contribution >= 4 is 10.8 Å². The topological polar surface area (TPSA) is 49.8 Å². The predicted octanol–water partition coefficient (Wildman–Crippen LogP) is 1.58. The van der Waals surface area contributed by atoms with E-state index in [1.807, 2.05) is 38.2 Å². The molecule has 0 amide bonds. The van der Waals surface area contributed by atoms with Gasteiger partial charge in [0.2, 0.25) is 0 Å². The minimum Gasteiger partial charge on any atom is -0.491 e. The van der Waals surface area contributed by atoms with Gasteiger partial charge in [-0.15, -0.1) is 0 Å². The first-order valence-electron chi connectivity index (χ1n) is 7.47. The molecule has 1 unspecified atom stereocenters. The summed E-state index contributed by atoms with van der Waals surface area (Å²) in [4.78, 5) is 2.17. The number of nitrogens with zero attached hydrogens (tertiary/aromatic N) is 1. The molecule has 0 bridgehead atoms. The van der Waals surface area contributed by atoms with Crippen molar-refractivity contribution in [2.24, 2.45) is 0 Å². The quantitative estimate of drug-likeness (QED) is 0.866. The van der Waals surface area contributed by atoms with Gasteiger partial charge in [-0.1, -0.05) is 12.1 Å². The maximum absolute atomic E-state index is 11.4. The van der Waals surface area contributed by atoms with Crippen molar-refractivity contribution in [1.29, 1.82) is 0 Å². The number of benzene rings is 1. The molecule has 118 valence electrons. The fourth-order valence-electron chi connectivity index (χ4n) is 2.65. The second-order valence-corrected chi connectivity index (χ2v) is 7.50. The maximum Gasteiger partial charge on any atom is 0.119 e. The molecule has 0 aliphatic carbocycles. The van der Waals surface area contributed by atoms with E-state index in [1.165, 1.54) is 0 Å². The number of ether oxygens (including phenoxy) is 1. The monoisotopic (exact) mass is 311 g/mol. The van der Waals surface area contributed by atoms with Crippen molar-refractivity contribution < 1.29 is 14.1 Å². The van der Waals surface area contributed by atoms with Crippen LogP contribution in [0, 0.1) is 6.92 Å². The van der Waals surface area contributed by atoms with Crippen LogP contribution < -0.4 is 4.74 Å². The van der Waals surface area contributed by atoms with Crippen LogP contribution in [0.3, 0.4) is 0 Å². The molecule has 1 aromatic rings. The number of aliphatic hydroxyl groups excluding tert-OH is 1. The van der Waals surface area contributed by atoms with E-state index in [9.17, 15) is 9.32 Å². The van der Waals surface area contributed by atoms with Crippen LogP contribution in [0.1, 0.15) is 18.4 Å². The second kappa shape index (κ2) is 7.92. The Morgan fingerprint density at radius 2 is 2.14 bits per heavy atom. The molecule has 1 aliphatic rings. The summed E-state index contributed by atoms with van der Waals surface area (Å²) in [5.74, 6) is 2.36. The first-order valence-corrected chi connectivity index (χ1v) is 8.96. The Labute approximate surface area is 129 Å². The van der Waals surface area contributed by atoms with Crippen LogP contribution in [0.2, 0.25) is 0 Å². The number of hydrogen-bond donors (Lipinski definition) is 1. The molecule has 0 spiro atoms. The van der Waals surface area contributed by atoms with Gasteiger partial charge in [0.1, 0.15) is 18.5 Å². The lowest BCUT2D eigenvalue weighted by Gasteiger charge is -2.32. The van der Waals surface area contributed by atoms with Gasteiger partial charge in [0, 0.05) is 34.9 Å². The number of likely N-dealkylation sites (N-methyl/N-ethyl adjacent to an activating group) is 1. The van der Waals surface area contributed by atoms with Crippen molar-refractivity contribution in [2.75, 3.05) is 31.7 Å². The molecule has 5 heteroatoms. The van der Waals surface area contributed by atoms with E-state index < -0.39 is 16.9 Å². The van der Waals surface area contributed by atoms with E-state index in [1.54, 1.807) is 0 Å². The Kier molecular flexibility index (Phi) is 6.21. The third-order valence-electron chi connectivity index (χ3n) is 3.91. The van der Waals surface area contributed by atoms with Gasteiger partial charge in [-0.2, -0.15) is 0 Å². The van der Waals surface area contributed by atoms with Gasteiger partial charge >= 0.3 is 0 Å². The Morgan fingerprint density at radius 1 is 1.43 bits per heavy atom. The molecule has 0 radical (unpaired) electrons. The summed E-state index contributed by atoms with van der Waals surface area (Å²) in [6.45, 7) is 2.90. The van der Waals surface area contributed by atoms with Gasteiger partial charge in [-0.3, -0.25) is 4.21 Å². The summed E-state index contributed by atoms with van der Waals surface area (Å²) in [5, 5.41) is 10.1. The average molecular weight is 311 g/mol. The summed E-state index contributed by atoms with van der Waals surface area (Å²) in [6.07, 6.45) is 1.39. The van der Waals surface area contributed by atoms with Crippen molar-refractivity contribution in [3.8, 4) is 5.75 Å². The zero-order valence-corrected chi connectivity index (χ0v) is 13.6. The highest BCUT2D eigenvalue weighted by Crippen LogP contribution is 2.16. The van der Waals surface area contributed by atoms with E-state index in [2.05, 4.69) is 4.90 Å². The number of hydrogen-bond acceptors (Lipinski definition) is 4. The highest BCUT2D eigenvalue weighted by molar-refractivity contribution is 7.85. The summed E-state index contributed by atoms with van der Waals surface area (Å²) < 4.78 is 17.0. The van der Waals surface area contributed by atoms with Crippen LogP contribution in [-0.2, 0) is 10.8 Å². The lowest BCUT2D eigenvalue weighted by molar-refractivity contribution is 0.0614. The molecule has 21 heavy (non-hydrogen) atoms. The van der Waals surface area contributed by atoms with Gasteiger partial charge in [-0.05, 0) is 44.5 Å². The Morgan fingerprint density at radius 3 is 2.81 bits per heavy atom. The molecule has 1 saturated heterocycles. The van der Waals surface area contributed by atoms with E-state index >= 15 is 0 Å². The molecule has 1 aromatic carbocycles. The van der Waals surface area contributed by atoms with Crippen LogP contribution in [0.15, 0.2) is 24.3 Å². The molecule has 1 N–H and O–H groups in total. The maximum atomic E-state index is 11.4. The predicted molar refractivity (Wildman–Crippen MR) is 86.2 cm³/mol. The fraction of sp³-hybridized carbons (Fsp3) is 0.625. The molecule has 4 nitrogen and oxygen atoms in total. The Balaban J connectivity index is 1.73.